The Kier molecular flexibility index (Phi) is 7.65. The van der Waals surface area contributed by atoms with Crippen molar-refractivity contribution in [3.8, 4) is 5.75 Å². The summed E-state index contributed by atoms with van der Waals surface area (Å²) in [7, 11) is 3.98. The van der Waals surface area contributed by atoms with Gasteiger partial charge in [-0.05, 0) is 31.7 Å². The molecule has 2 fully saturated rings. The topological polar surface area (TPSA) is 70.9 Å². The average molecular weight is 454 g/mol. The molecule has 2 atom stereocenters. The molecule has 2 amide bonds. The first kappa shape index (κ1) is 23.3. The van der Waals surface area contributed by atoms with Crippen LogP contribution in [0, 0.1) is 5.92 Å². The predicted molar refractivity (Wildman–Crippen MR) is 126 cm³/mol. The molecule has 33 heavy (non-hydrogen) atoms. The number of carbonyl (C=O) groups is 2. The Balaban J connectivity index is 1.39. The molecule has 0 unspecified atom stereocenters. The van der Waals surface area contributed by atoms with Gasteiger partial charge in [-0.1, -0.05) is 18.2 Å². The zero-order valence-corrected chi connectivity index (χ0v) is 19.7. The van der Waals surface area contributed by atoms with Gasteiger partial charge >= 0.3 is 0 Å². The first-order chi connectivity index (χ1) is 16.0. The van der Waals surface area contributed by atoms with E-state index in [4.69, 9.17) is 4.74 Å². The minimum atomic E-state index is -0.0788. The van der Waals surface area contributed by atoms with Crippen LogP contribution in [0.5, 0.6) is 5.75 Å². The number of hydrogen-bond donors (Lipinski definition) is 0. The summed E-state index contributed by atoms with van der Waals surface area (Å²) in [6, 6.07) is 11.7. The summed E-state index contributed by atoms with van der Waals surface area (Å²) in [4.78, 5) is 32.2. The Morgan fingerprint density at radius 3 is 2.42 bits per heavy atom. The molecular weight excluding hydrogens is 418 g/mol. The highest BCUT2D eigenvalue weighted by molar-refractivity contribution is 5.78. The Hall–Kier alpha value is -2.87. The van der Waals surface area contributed by atoms with Crippen LogP contribution < -0.4 is 4.74 Å². The van der Waals surface area contributed by atoms with Gasteiger partial charge in [0.05, 0.1) is 0 Å². The lowest BCUT2D eigenvalue weighted by molar-refractivity contribution is -0.140. The van der Waals surface area contributed by atoms with E-state index in [2.05, 4.69) is 17.0 Å². The van der Waals surface area contributed by atoms with E-state index in [9.17, 15) is 9.59 Å². The van der Waals surface area contributed by atoms with Crippen LogP contribution in [0.15, 0.2) is 42.6 Å². The van der Waals surface area contributed by atoms with Crippen molar-refractivity contribution in [1.29, 1.82) is 0 Å². The second-order valence-electron chi connectivity index (χ2n) is 9.19. The summed E-state index contributed by atoms with van der Waals surface area (Å²) < 4.78 is 8.12. The maximum absolute atomic E-state index is 13.1. The van der Waals surface area contributed by atoms with E-state index in [1.807, 2.05) is 57.9 Å². The third kappa shape index (κ3) is 6.13. The second-order valence-corrected chi connectivity index (χ2v) is 9.19. The fourth-order valence-corrected chi connectivity index (χ4v) is 4.71. The summed E-state index contributed by atoms with van der Waals surface area (Å²) in [5.41, 5.74) is 1.05. The standard InChI is InChI=1S/C25H35N5O3/c1-27-14-16-29(17-15-27)25(32)18-20-19-30(24(31)9-8-21-10-12-26-28(21)2)13-11-23(20)33-22-6-4-3-5-7-22/h3-7,10,12,20,23H,8-9,11,13-19H2,1-2H3/t20-,23-/m0/s1. The van der Waals surface area contributed by atoms with Crippen molar-refractivity contribution < 1.29 is 14.3 Å². The van der Waals surface area contributed by atoms with Gasteiger partial charge in [0.1, 0.15) is 11.9 Å². The summed E-state index contributed by atoms with van der Waals surface area (Å²) in [6.45, 7) is 4.54. The number of ether oxygens (including phenoxy) is 1. The number of aryl methyl sites for hydroxylation is 2. The number of hydrogen-bond acceptors (Lipinski definition) is 5. The van der Waals surface area contributed by atoms with Crippen LogP contribution in [0.3, 0.4) is 0 Å². The van der Waals surface area contributed by atoms with Gasteiger partial charge in [0.25, 0.3) is 0 Å². The van der Waals surface area contributed by atoms with E-state index >= 15 is 0 Å². The minimum absolute atomic E-state index is 0.0215. The number of benzene rings is 1. The normalized spacial score (nSPS) is 21.8. The molecule has 2 aliphatic rings. The van der Waals surface area contributed by atoms with Gasteiger partial charge in [0.15, 0.2) is 0 Å². The van der Waals surface area contributed by atoms with Crippen molar-refractivity contribution in [1.82, 2.24) is 24.5 Å². The Morgan fingerprint density at radius 1 is 0.970 bits per heavy atom. The van der Waals surface area contributed by atoms with E-state index in [1.165, 1.54) is 0 Å². The van der Waals surface area contributed by atoms with Crippen LogP contribution in [0.2, 0.25) is 0 Å². The first-order valence-electron chi connectivity index (χ1n) is 11.9. The predicted octanol–water partition coefficient (Wildman–Crippen LogP) is 1.81. The van der Waals surface area contributed by atoms with Crippen LogP contribution in [-0.4, -0.2) is 88.7 Å². The number of aromatic nitrogens is 2. The van der Waals surface area contributed by atoms with Crippen molar-refractivity contribution in [3.05, 3.63) is 48.3 Å². The SMILES string of the molecule is CN1CCN(C(=O)C[C@H]2CN(C(=O)CCc3ccnn3C)CC[C@@H]2Oc2ccccc2)CC1. The van der Waals surface area contributed by atoms with Gasteiger partial charge in [-0.15, -0.1) is 0 Å². The van der Waals surface area contributed by atoms with Gasteiger partial charge < -0.3 is 19.4 Å². The van der Waals surface area contributed by atoms with E-state index in [1.54, 1.807) is 6.20 Å². The van der Waals surface area contributed by atoms with Crippen molar-refractivity contribution in [2.75, 3.05) is 46.3 Å². The number of likely N-dealkylation sites (tertiary alicyclic amines) is 1. The van der Waals surface area contributed by atoms with Crippen LogP contribution >= 0.6 is 0 Å². The number of piperazine rings is 1. The zero-order chi connectivity index (χ0) is 23.2. The number of carbonyl (C=O) groups excluding carboxylic acids is 2. The maximum Gasteiger partial charge on any atom is 0.223 e. The van der Waals surface area contributed by atoms with E-state index in [-0.39, 0.29) is 23.8 Å². The molecule has 0 bridgehead atoms. The number of para-hydroxylation sites is 1. The van der Waals surface area contributed by atoms with Gasteiger partial charge in [-0.25, -0.2) is 0 Å². The zero-order valence-electron chi connectivity index (χ0n) is 19.7. The highest BCUT2D eigenvalue weighted by Crippen LogP contribution is 2.27. The fourth-order valence-electron chi connectivity index (χ4n) is 4.71. The second kappa shape index (κ2) is 10.8. The van der Waals surface area contributed by atoms with E-state index in [0.717, 1.165) is 44.0 Å². The van der Waals surface area contributed by atoms with Crippen molar-refractivity contribution in [2.24, 2.45) is 13.0 Å². The van der Waals surface area contributed by atoms with Crippen LogP contribution in [-0.2, 0) is 23.1 Å². The molecule has 0 N–H and O–H groups in total. The van der Waals surface area contributed by atoms with Crippen molar-refractivity contribution >= 4 is 11.8 Å². The lowest BCUT2D eigenvalue weighted by Gasteiger charge is -2.40. The molecule has 4 rings (SSSR count). The summed E-state index contributed by atoms with van der Waals surface area (Å²) in [5, 5.41) is 4.18. The lowest BCUT2D eigenvalue weighted by Crippen LogP contribution is -2.51. The highest BCUT2D eigenvalue weighted by atomic mass is 16.5. The Bertz CT molecular complexity index is 923. The summed E-state index contributed by atoms with van der Waals surface area (Å²) in [5.74, 6) is 1.09. The van der Waals surface area contributed by atoms with Crippen molar-refractivity contribution in [2.45, 2.75) is 31.8 Å². The minimum Gasteiger partial charge on any atom is -0.490 e. The van der Waals surface area contributed by atoms with Crippen molar-refractivity contribution in [3.63, 3.8) is 0 Å². The molecule has 0 saturated carbocycles. The summed E-state index contributed by atoms with van der Waals surface area (Å²) >= 11 is 0. The molecular formula is C25H35N5O3. The number of likely N-dealkylation sites (N-methyl/N-ethyl adjacent to an activating group) is 1. The fraction of sp³-hybridized carbons (Fsp3) is 0.560. The lowest BCUT2D eigenvalue weighted by atomic mass is 9.90. The molecule has 0 spiro atoms. The van der Waals surface area contributed by atoms with E-state index in [0.29, 0.717) is 32.4 Å². The van der Waals surface area contributed by atoms with Gasteiger partial charge in [-0.3, -0.25) is 14.3 Å². The van der Waals surface area contributed by atoms with Crippen LogP contribution in [0.1, 0.15) is 25.0 Å². The highest BCUT2D eigenvalue weighted by Gasteiger charge is 2.35. The molecule has 2 aliphatic heterocycles. The molecule has 8 heteroatoms. The molecule has 2 aromatic rings. The maximum atomic E-state index is 13.1. The third-order valence-electron chi connectivity index (χ3n) is 6.86. The first-order valence-corrected chi connectivity index (χ1v) is 11.9. The molecule has 8 nitrogen and oxygen atoms in total. The molecule has 1 aromatic heterocycles. The molecule has 0 aliphatic carbocycles. The molecule has 1 aromatic carbocycles. The smallest absolute Gasteiger partial charge is 0.223 e. The molecule has 178 valence electrons. The molecule has 0 radical (unpaired) electrons. The van der Waals surface area contributed by atoms with Gasteiger partial charge in [0, 0.05) is 83.4 Å². The monoisotopic (exact) mass is 453 g/mol. The molecule has 2 saturated heterocycles. The Morgan fingerprint density at radius 2 is 1.73 bits per heavy atom. The largest absolute Gasteiger partial charge is 0.490 e. The van der Waals surface area contributed by atoms with E-state index < -0.39 is 0 Å². The Labute approximate surface area is 196 Å². The number of piperidine rings is 1. The number of nitrogens with zero attached hydrogens (tertiary/aromatic N) is 5. The van der Waals surface area contributed by atoms with Gasteiger partial charge in [-0.2, -0.15) is 5.10 Å². The summed E-state index contributed by atoms with van der Waals surface area (Å²) in [6.07, 6.45) is 3.93. The number of rotatable bonds is 7. The van der Waals surface area contributed by atoms with Crippen LogP contribution in [0.25, 0.3) is 0 Å². The van der Waals surface area contributed by atoms with Crippen LogP contribution in [0.4, 0.5) is 0 Å². The quantitative estimate of drug-likeness (QED) is 0.640. The average Bonchev–Trinajstić information content (AvgIpc) is 3.24. The third-order valence-corrected chi connectivity index (χ3v) is 6.86. The molecule has 3 heterocycles. The van der Waals surface area contributed by atoms with Gasteiger partial charge in [0.2, 0.25) is 11.8 Å². The number of amides is 2.